The monoisotopic (exact) mass is 563 g/mol. The molecule has 2 aromatic rings. The maximum Gasteiger partial charge on any atom is 0.243 e. The molecule has 7 nitrogen and oxygen atoms in total. The molecule has 166 valence electrons. The maximum atomic E-state index is 12.7. The SMILES string of the molecule is CN=C(NCc1ccc(S(=O)(=O)N2CCCCC2)cc1)NCc1nc(C)c(C)s1.I. The molecule has 0 saturated carbocycles. The molecule has 1 aliphatic heterocycles. The number of aliphatic imine (C=N–C) groups is 1. The van der Waals surface area contributed by atoms with Gasteiger partial charge in [-0.05, 0) is 44.4 Å². The van der Waals surface area contributed by atoms with Crippen LogP contribution in [0.15, 0.2) is 34.2 Å². The number of benzene rings is 1. The van der Waals surface area contributed by atoms with E-state index in [1.165, 1.54) is 4.88 Å². The molecule has 0 amide bonds. The van der Waals surface area contributed by atoms with Gasteiger partial charge in [0.25, 0.3) is 0 Å². The minimum absolute atomic E-state index is 0. The van der Waals surface area contributed by atoms with Crippen molar-refractivity contribution in [1.29, 1.82) is 0 Å². The smallest absolute Gasteiger partial charge is 0.243 e. The van der Waals surface area contributed by atoms with Crippen molar-refractivity contribution in [2.75, 3.05) is 20.1 Å². The van der Waals surface area contributed by atoms with Crippen molar-refractivity contribution < 1.29 is 8.42 Å². The molecular weight excluding hydrogens is 533 g/mol. The van der Waals surface area contributed by atoms with Crippen LogP contribution in [-0.2, 0) is 23.1 Å². The molecule has 0 spiro atoms. The Kier molecular flexibility index (Phi) is 9.51. The Morgan fingerprint density at radius 3 is 2.30 bits per heavy atom. The predicted octanol–water partition coefficient (Wildman–Crippen LogP) is 3.42. The molecule has 30 heavy (non-hydrogen) atoms. The lowest BCUT2D eigenvalue weighted by molar-refractivity contribution is 0.346. The van der Waals surface area contributed by atoms with Crippen molar-refractivity contribution in [3.05, 3.63) is 45.4 Å². The summed E-state index contributed by atoms with van der Waals surface area (Å²) in [6.07, 6.45) is 2.98. The van der Waals surface area contributed by atoms with Crippen LogP contribution in [0.2, 0.25) is 0 Å². The maximum absolute atomic E-state index is 12.7. The van der Waals surface area contributed by atoms with Crippen LogP contribution >= 0.6 is 35.3 Å². The molecule has 0 bridgehead atoms. The topological polar surface area (TPSA) is 86.7 Å². The lowest BCUT2D eigenvalue weighted by atomic mass is 10.2. The first-order valence-corrected chi connectivity index (χ1v) is 12.1. The number of thiazole rings is 1. The zero-order valence-electron chi connectivity index (χ0n) is 17.6. The van der Waals surface area contributed by atoms with E-state index in [-0.39, 0.29) is 24.0 Å². The molecule has 1 aromatic heterocycles. The average molecular weight is 564 g/mol. The Balaban J connectivity index is 0.00000320. The van der Waals surface area contributed by atoms with Gasteiger partial charge in [0.05, 0.1) is 17.1 Å². The minimum atomic E-state index is -3.38. The Labute approximate surface area is 200 Å². The number of aromatic nitrogens is 1. The molecule has 2 heterocycles. The Bertz CT molecular complexity index is 933. The summed E-state index contributed by atoms with van der Waals surface area (Å²) in [4.78, 5) is 10.3. The second-order valence-corrected chi connectivity index (χ2v) is 10.4. The van der Waals surface area contributed by atoms with E-state index in [4.69, 9.17) is 0 Å². The first-order valence-electron chi connectivity index (χ1n) is 9.86. The molecule has 0 aliphatic carbocycles. The molecule has 10 heteroatoms. The van der Waals surface area contributed by atoms with Gasteiger partial charge in [0.15, 0.2) is 5.96 Å². The lowest BCUT2D eigenvalue weighted by Gasteiger charge is -2.25. The predicted molar refractivity (Wildman–Crippen MR) is 133 cm³/mol. The molecule has 0 unspecified atom stereocenters. The molecule has 0 radical (unpaired) electrons. The molecule has 0 atom stereocenters. The number of nitrogens with one attached hydrogen (secondary N) is 2. The summed E-state index contributed by atoms with van der Waals surface area (Å²) in [5.74, 6) is 0.681. The number of halogens is 1. The molecule has 3 rings (SSSR count). The van der Waals surface area contributed by atoms with Gasteiger partial charge in [-0.25, -0.2) is 13.4 Å². The van der Waals surface area contributed by atoms with Crippen molar-refractivity contribution in [3.63, 3.8) is 0 Å². The lowest BCUT2D eigenvalue weighted by Crippen LogP contribution is -2.36. The fourth-order valence-corrected chi connectivity index (χ4v) is 5.60. The minimum Gasteiger partial charge on any atom is -0.352 e. The molecular formula is C20H30IN5O2S2. The highest BCUT2D eigenvalue weighted by Gasteiger charge is 2.25. The van der Waals surface area contributed by atoms with Crippen molar-refractivity contribution in [1.82, 2.24) is 19.9 Å². The first-order chi connectivity index (χ1) is 13.9. The van der Waals surface area contributed by atoms with Crippen LogP contribution in [0.25, 0.3) is 0 Å². The van der Waals surface area contributed by atoms with Crippen LogP contribution in [0, 0.1) is 13.8 Å². The summed E-state index contributed by atoms with van der Waals surface area (Å²) in [6.45, 7) is 6.49. The van der Waals surface area contributed by atoms with Crippen molar-refractivity contribution >= 4 is 51.3 Å². The number of rotatable bonds is 6. The van der Waals surface area contributed by atoms with Gasteiger partial charge in [0.2, 0.25) is 10.0 Å². The summed E-state index contributed by atoms with van der Waals surface area (Å²) < 4.78 is 27.1. The van der Waals surface area contributed by atoms with Crippen molar-refractivity contribution in [2.45, 2.75) is 51.1 Å². The van der Waals surface area contributed by atoms with Crippen LogP contribution in [0.3, 0.4) is 0 Å². The summed E-state index contributed by atoms with van der Waals surface area (Å²) >= 11 is 1.68. The standard InChI is InChI=1S/C20H29N5O2S2.HI/c1-15-16(2)28-19(24-15)14-23-20(21-3)22-13-17-7-9-18(10-8-17)29(26,27)25-11-5-4-6-12-25;/h7-10H,4-6,11-14H2,1-3H3,(H2,21,22,23);1H. The third-order valence-corrected chi connectivity index (χ3v) is 8.03. The fourth-order valence-electron chi connectivity index (χ4n) is 3.21. The van der Waals surface area contributed by atoms with E-state index in [1.807, 2.05) is 19.1 Å². The van der Waals surface area contributed by atoms with Gasteiger partial charge in [-0.1, -0.05) is 18.6 Å². The van der Waals surface area contributed by atoms with Crippen molar-refractivity contribution in [2.24, 2.45) is 4.99 Å². The summed E-state index contributed by atoms with van der Waals surface area (Å²) in [7, 11) is -1.66. The van der Waals surface area contributed by atoms with Gasteiger partial charge in [0.1, 0.15) is 5.01 Å². The highest BCUT2D eigenvalue weighted by atomic mass is 127. The van der Waals surface area contributed by atoms with Crippen LogP contribution in [0.1, 0.15) is 40.4 Å². The zero-order chi connectivity index (χ0) is 20.9. The fraction of sp³-hybridized carbons (Fsp3) is 0.500. The molecule has 2 N–H and O–H groups in total. The number of hydrogen-bond acceptors (Lipinski definition) is 5. The zero-order valence-corrected chi connectivity index (χ0v) is 21.6. The normalized spacial score (nSPS) is 15.5. The average Bonchev–Trinajstić information content (AvgIpc) is 3.06. The Hall–Kier alpha value is -1.24. The largest absolute Gasteiger partial charge is 0.352 e. The van der Waals surface area contributed by atoms with E-state index in [0.717, 1.165) is 35.5 Å². The van der Waals surface area contributed by atoms with Gasteiger partial charge in [-0.2, -0.15) is 4.31 Å². The second kappa shape index (κ2) is 11.4. The summed E-state index contributed by atoms with van der Waals surface area (Å²) in [6, 6.07) is 7.09. The molecule has 1 saturated heterocycles. The highest BCUT2D eigenvalue weighted by molar-refractivity contribution is 14.0. The molecule has 1 fully saturated rings. The van der Waals surface area contributed by atoms with Crippen LogP contribution in [0.5, 0.6) is 0 Å². The van der Waals surface area contributed by atoms with Gasteiger partial charge in [-0.15, -0.1) is 35.3 Å². The highest BCUT2D eigenvalue weighted by Crippen LogP contribution is 2.21. The van der Waals surface area contributed by atoms with Crippen LogP contribution in [0.4, 0.5) is 0 Å². The number of piperidine rings is 1. The van der Waals surface area contributed by atoms with Gasteiger partial charge in [-0.3, -0.25) is 4.99 Å². The molecule has 1 aromatic carbocycles. The Morgan fingerprint density at radius 1 is 1.10 bits per heavy atom. The van der Waals surface area contributed by atoms with Gasteiger partial charge < -0.3 is 10.6 Å². The Morgan fingerprint density at radius 2 is 1.73 bits per heavy atom. The number of aryl methyl sites for hydroxylation is 2. The van der Waals surface area contributed by atoms with E-state index in [0.29, 0.717) is 37.0 Å². The van der Waals surface area contributed by atoms with Crippen molar-refractivity contribution in [3.8, 4) is 0 Å². The van der Waals surface area contributed by atoms with E-state index >= 15 is 0 Å². The second-order valence-electron chi connectivity index (χ2n) is 7.14. The number of sulfonamides is 1. The number of hydrogen-bond donors (Lipinski definition) is 2. The van der Waals surface area contributed by atoms with E-state index in [1.54, 1.807) is 34.8 Å². The van der Waals surface area contributed by atoms with E-state index in [9.17, 15) is 8.42 Å². The number of nitrogens with zero attached hydrogens (tertiary/aromatic N) is 3. The van der Waals surface area contributed by atoms with Gasteiger partial charge >= 0.3 is 0 Å². The quantitative estimate of drug-likeness (QED) is 0.320. The van der Waals surface area contributed by atoms with Crippen LogP contribution in [-0.4, -0.2) is 43.8 Å². The third kappa shape index (κ3) is 6.38. The van der Waals surface area contributed by atoms with E-state index in [2.05, 4.69) is 27.5 Å². The summed E-state index contributed by atoms with van der Waals surface area (Å²) in [5, 5.41) is 7.54. The summed E-state index contributed by atoms with van der Waals surface area (Å²) in [5.41, 5.74) is 2.06. The first kappa shape index (κ1) is 25.0. The number of guanidine groups is 1. The van der Waals surface area contributed by atoms with Gasteiger partial charge in [0, 0.05) is 31.6 Å². The molecule has 1 aliphatic rings. The van der Waals surface area contributed by atoms with Crippen LogP contribution < -0.4 is 10.6 Å². The van der Waals surface area contributed by atoms with E-state index < -0.39 is 10.0 Å². The third-order valence-electron chi connectivity index (χ3n) is 5.04.